The highest BCUT2D eigenvalue weighted by Gasteiger charge is 2.46. The third-order valence-corrected chi connectivity index (χ3v) is 3.92. The second-order valence-electron chi connectivity index (χ2n) is 6.41. The van der Waals surface area contributed by atoms with Crippen molar-refractivity contribution in [3.63, 3.8) is 0 Å². The predicted molar refractivity (Wildman–Crippen MR) is 85.3 cm³/mol. The van der Waals surface area contributed by atoms with Gasteiger partial charge in [0.1, 0.15) is 37.3 Å². The van der Waals surface area contributed by atoms with Crippen LogP contribution < -0.4 is 0 Å². The molecule has 0 radical (unpaired) electrons. The lowest BCUT2D eigenvalue weighted by atomic mass is 9.98. The van der Waals surface area contributed by atoms with Crippen LogP contribution in [0.2, 0.25) is 0 Å². The SMILES string of the molecule is CPO[C@@H]1[C@H](O)[C@@H](COOC(=O)C(C)(C)C)O[C@H]1n1cnc(C#N)n1. The fraction of sp³-hybridized carbons (Fsp3) is 0.714. The second-order valence-corrected chi connectivity index (χ2v) is 7.05. The van der Waals surface area contributed by atoms with E-state index in [2.05, 4.69) is 10.1 Å². The largest absolute Gasteiger partial charge is 0.387 e. The number of aliphatic hydroxyl groups excluding tert-OH is 1. The Bertz CT molecular complexity index is 640. The Kier molecular flexibility index (Phi) is 6.43. The van der Waals surface area contributed by atoms with Gasteiger partial charge in [-0.05, 0) is 27.4 Å². The molecule has 5 atom stereocenters. The zero-order valence-corrected chi connectivity index (χ0v) is 15.4. The molecule has 1 unspecified atom stereocenters. The zero-order chi connectivity index (χ0) is 18.6. The van der Waals surface area contributed by atoms with Gasteiger partial charge < -0.3 is 14.4 Å². The van der Waals surface area contributed by atoms with Crippen molar-refractivity contribution in [3.8, 4) is 6.07 Å². The zero-order valence-electron chi connectivity index (χ0n) is 14.4. The summed E-state index contributed by atoms with van der Waals surface area (Å²) in [5.74, 6) is -0.552. The number of carbonyl (C=O) groups is 1. The fourth-order valence-electron chi connectivity index (χ4n) is 2.06. The molecule has 11 heteroatoms. The van der Waals surface area contributed by atoms with Gasteiger partial charge in [-0.3, -0.25) is 4.89 Å². The maximum atomic E-state index is 11.7. The van der Waals surface area contributed by atoms with Crippen molar-refractivity contribution in [1.29, 1.82) is 5.26 Å². The Morgan fingerprint density at radius 3 is 2.84 bits per heavy atom. The molecule has 1 aromatic heterocycles. The minimum Gasteiger partial charge on any atom is -0.387 e. The first-order valence-corrected chi connectivity index (χ1v) is 8.99. The summed E-state index contributed by atoms with van der Waals surface area (Å²) < 4.78 is 12.6. The summed E-state index contributed by atoms with van der Waals surface area (Å²) in [6, 6.07) is 1.82. The van der Waals surface area contributed by atoms with E-state index in [1.807, 2.05) is 6.07 Å². The molecule has 1 aliphatic heterocycles. The smallest absolute Gasteiger partial charge is 0.347 e. The first-order valence-electron chi connectivity index (χ1n) is 7.59. The second kappa shape index (κ2) is 8.17. The average molecular weight is 372 g/mol. The van der Waals surface area contributed by atoms with Crippen molar-refractivity contribution >= 4 is 14.8 Å². The molecule has 25 heavy (non-hydrogen) atoms. The highest BCUT2D eigenvalue weighted by Crippen LogP contribution is 2.34. The number of carbonyl (C=O) groups excluding carboxylic acids is 1. The monoisotopic (exact) mass is 372 g/mol. The molecule has 138 valence electrons. The van der Waals surface area contributed by atoms with E-state index in [9.17, 15) is 9.90 Å². The number of ether oxygens (including phenoxy) is 1. The molecule has 0 amide bonds. The molecule has 1 aliphatic rings. The molecule has 2 rings (SSSR count). The van der Waals surface area contributed by atoms with Gasteiger partial charge in [0.15, 0.2) is 6.23 Å². The van der Waals surface area contributed by atoms with Gasteiger partial charge in [-0.25, -0.2) is 14.5 Å². The lowest BCUT2D eigenvalue weighted by Gasteiger charge is -2.19. The minimum absolute atomic E-state index is 0.0189. The fourth-order valence-corrected chi connectivity index (χ4v) is 2.59. The maximum Gasteiger partial charge on any atom is 0.347 e. The van der Waals surface area contributed by atoms with Crippen LogP contribution in [0.3, 0.4) is 0 Å². The van der Waals surface area contributed by atoms with Gasteiger partial charge in [-0.15, -0.1) is 5.10 Å². The van der Waals surface area contributed by atoms with E-state index in [1.54, 1.807) is 27.4 Å². The lowest BCUT2D eigenvalue weighted by Crippen LogP contribution is -2.35. The van der Waals surface area contributed by atoms with Crippen LogP contribution in [0, 0.1) is 16.7 Å². The third kappa shape index (κ3) is 4.71. The van der Waals surface area contributed by atoms with E-state index in [0.29, 0.717) is 0 Å². The Morgan fingerprint density at radius 1 is 1.56 bits per heavy atom. The normalized spacial score (nSPS) is 26.9. The quantitative estimate of drug-likeness (QED) is 0.432. The number of rotatable bonds is 6. The molecule has 1 fully saturated rings. The molecule has 0 aliphatic carbocycles. The van der Waals surface area contributed by atoms with Crippen LogP contribution in [0.1, 0.15) is 32.8 Å². The van der Waals surface area contributed by atoms with Gasteiger partial charge >= 0.3 is 5.97 Å². The number of hydrogen-bond donors (Lipinski definition) is 1. The Balaban J connectivity index is 2.01. The molecule has 1 N–H and O–H groups in total. The molecule has 0 saturated carbocycles. The lowest BCUT2D eigenvalue weighted by molar-refractivity contribution is -0.292. The molecule has 10 nitrogen and oxygen atoms in total. The van der Waals surface area contributed by atoms with E-state index in [4.69, 9.17) is 24.3 Å². The summed E-state index contributed by atoms with van der Waals surface area (Å²) in [6.45, 7) is 6.71. The third-order valence-electron chi connectivity index (χ3n) is 3.42. The van der Waals surface area contributed by atoms with Gasteiger partial charge in [-0.2, -0.15) is 10.1 Å². The van der Waals surface area contributed by atoms with Crippen LogP contribution in [0.15, 0.2) is 6.33 Å². The van der Waals surface area contributed by atoms with Crippen LogP contribution in [-0.2, 0) is 23.8 Å². The number of hydrogen-bond acceptors (Lipinski definition) is 9. The van der Waals surface area contributed by atoms with Crippen LogP contribution in [0.5, 0.6) is 0 Å². The van der Waals surface area contributed by atoms with Gasteiger partial charge in [0.25, 0.3) is 5.82 Å². The number of nitriles is 1. The van der Waals surface area contributed by atoms with Crippen LogP contribution in [0.4, 0.5) is 0 Å². The van der Waals surface area contributed by atoms with Crippen molar-refractivity contribution < 1.29 is 28.9 Å². The van der Waals surface area contributed by atoms with Crippen molar-refractivity contribution in [2.75, 3.05) is 13.3 Å². The molecular formula is C14H21N4O6P. The molecule has 1 saturated heterocycles. The highest BCUT2D eigenvalue weighted by molar-refractivity contribution is 7.31. The number of aliphatic hydroxyl groups is 1. The topological polar surface area (TPSA) is 129 Å². The van der Waals surface area contributed by atoms with Crippen LogP contribution in [0.25, 0.3) is 0 Å². The molecule has 0 aromatic carbocycles. The predicted octanol–water partition coefficient (Wildman–Crippen LogP) is 0.537. The van der Waals surface area contributed by atoms with Gasteiger partial charge in [0.2, 0.25) is 0 Å². The van der Waals surface area contributed by atoms with Crippen molar-refractivity contribution in [3.05, 3.63) is 12.2 Å². The van der Waals surface area contributed by atoms with Crippen LogP contribution >= 0.6 is 8.81 Å². The van der Waals surface area contributed by atoms with Crippen molar-refractivity contribution in [1.82, 2.24) is 14.8 Å². The molecular weight excluding hydrogens is 351 g/mol. The molecule has 2 heterocycles. The van der Waals surface area contributed by atoms with E-state index in [1.165, 1.54) is 11.0 Å². The van der Waals surface area contributed by atoms with E-state index in [-0.39, 0.29) is 21.2 Å². The van der Waals surface area contributed by atoms with E-state index >= 15 is 0 Å². The van der Waals surface area contributed by atoms with Crippen molar-refractivity contribution in [2.24, 2.45) is 5.41 Å². The number of aromatic nitrogens is 3. The Hall–Kier alpha value is -1.63. The first kappa shape index (κ1) is 19.7. The van der Waals surface area contributed by atoms with Crippen molar-refractivity contribution in [2.45, 2.75) is 45.3 Å². The molecule has 0 bridgehead atoms. The Labute approximate surface area is 146 Å². The van der Waals surface area contributed by atoms with Gasteiger partial charge in [-0.1, -0.05) is 0 Å². The number of nitrogens with zero attached hydrogens (tertiary/aromatic N) is 4. The highest BCUT2D eigenvalue weighted by atomic mass is 31.1. The maximum absolute atomic E-state index is 11.7. The minimum atomic E-state index is -1.03. The van der Waals surface area contributed by atoms with Crippen LogP contribution in [-0.4, -0.2) is 57.4 Å². The summed E-state index contributed by atoms with van der Waals surface area (Å²) in [5, 5.41) is 23.2. The summed E-state index contributed by atoms with van der Waals surface area (Å²) in [7, 11) is 0.103. The summed E-state index contributed by atoms with van der Waals surface area (Å²) in [5.41, 5.74) is -0.707. The standard InChI is InChI=1S/C14H21N4O6P/c1-14(2,3)13(20)23-21-6-8-10(19)11(24-25-4)12(22-8)18-7-16-9(5-15)17-18/h7-8,10-12,19,25H,6H2,1-4H3/t8-,10-,11-,12-/m1/s1. The molecule has 0 spiro atoms. The van der Waals surface area contributed by atoms with E-state index in [0.717, 1.165) is 0 Å². The Morgan fingerprint density at radius 2 is 2.28 bits per heavy atom. The first-order chi connectivity index (χ1) is 11.8. The average Bonchev–Trinajstić information content (AvgIpc) is 3.13. The summed E-state index contributed by atoms with van der Waals surface area (Å²) in [6.07, 6.45) is -1.99. The molecule has 1 aromatic rings. The summed E-state index contributed by atoms with van der Waals surface area (Å²) >= 11 is 0. The van der Waals surface area contributed by atoms with E-state index < -0.39 is 35.9 Å². The van der Waals surface area contributed by atoms with Gasteiger partial charge in [0, 0.05) is 8.81 Å². The van der Waals surface area contributed by atoms with Gasteiger partial charge in [0.05, 0.1) is 5.41 Å². The summed E-state index contributed by atoms with van der Waals surface area (Å²) in [4.78, 5) is 25.1.